The molecule has 3 rings (SSSR count). The van der Waals surface area contributed by atoms with Crippen LogP contribution in [0.25, 0.3) is 11.3 Å². The number of hydrogen-bond donors (Lipinski definition) is 3. The second-order valence-corrected chi connectivity index (χ2v) is 5.67. The number of nitrogens with one attached hydrogen (secondary N) is 3. The summed E-state index contributed by atoms with van der Waals surface area (Å²) >= 11 is 0. The van der Waals surface area contributed by atoms with Crippen molar-refractivity contribution in [2.45, 2.75) is 6.92 Å². The summed E-state index contributed by atoms with van der Waals surface area (Å²) in [5.41, 5.74) is 7.87. The van der Waals surface area contributed by atoms with Crippen molar-refractivity contribution >= 4 is 11.8 Å². The number of methoxy groups -OCH3 is 1. The molecule has 1 aromatic heterocycles. The monoisotopic (exact) mass is 350 g/mol. The summed E-state index contributed by atoms with van der Waals surface area (Å²) in [6, 6.07) is 16.0. The topological polar surface area (TPSA) is 96.1 Å². The molecule has 0 unspecified atom stereocenters. The first-order chi connectivity index (χ1) is 12.6. The van der Waals surface area contributed by atoms with Gasteiger partial charge in [-0.2, -0.15) is 5.10 Å². The van der Waals surface area contributed by atoms with Crippen LogP contribution in [0.3, 0.4) is 0 Å². The number of hydrogen-bond acceptors (Lipinski definition) is 4. The molecule has 0 fully saturated rings. The molecule has 0 aliphatic rings. The molecule has 0 atom stereocenters. The Morgan fingerprint density at radius 2 is 1.73 bits per heavy atom. The van der Waals surface area contributed by atoms with E-state index in [0.717, 1.165) is 16.9 Å². The number of ether oxygens (including phenoxy) is 1. The van der Waals surface area contributed by atoms with E-state index in [1.807, 2.05) is 37.3 Å². The van der Waals surface area contributed by atoms with E-state index in [1.165, 1.54) is 0 Å². The number of carbonyl (C=O) groups excluding carboxylic acids is 2. The largest absolute Gasteiger partial charge is 0.497 e. The van der Waals surface area contributed by atoms with Gasteiger partial charge in [-0.15, -0.1) is 0 Å². The van der Waals surface area contributed by atoms with Crippen LogP contribution >= 0.6 is 0 Å². The highest BCUT2D eigenvalue weighted by molar-refractivity contribution is 5.98. The molecule has 0 spiro atoms. The van der Waals surface area contributed by atoms with E-state index in [4.69, 9.17) is 4.74 Å². The lowest BCUT2D eigenvalue weighted by molar-refractivity contribution is 0.0844. The highest BCUT2D eigenvalue weighted by Crippen LogP contribution is 2.21. The van der Waals surface area contributed by atoms with Crippen molar-refractivity contribution in [1.29, 1.82) is 0 Å². The minimum Gasteiger partial charge on any atom is -0.497 e. The highest BCUT2D eigenvalue weighted by atomic mass is 16.5. The number of amides is 2. The first-order valence-electron chi connectivity index (χ1n) is 7.94. The number of rotatable bonds is 4. The summed E-state index contributed by atoms with van der Waals surface area (Å²) in [7, 11) is 1.59. The van der Waals surface area contributed by atoms with Crippen LogP contribution in [0.5, 0.6) is 5.75 Å². The zero-order valence-corrected chi connectivity index (χ0v) is 14.4. The fourth-order valence-electron chi connectivity index (χ4n) is 2.39. The smallest absolute Gasteiger partial charge is 0.287 e. The van der Waals surface area contributed by atoms with E-state index in [0.29, 0.717) is 11.3 Å². The van der Waals surface area contributed by atoms with Crippen LogP contribution in [0.15, 0.2) is 54.6 Å². The molecule has 0 saturated heterocycles. The normalized spacial score (nSPS) is 10.2. The van der Waals surface area contributed by atoms with Gasteiger partial charge in [0.05, 0.1) is 12.8 Å². The van der Waals surface area contributed by atoms with Gasteiger partial charge in [0.15, 0.2) is 0 Å². The molecule has 0 aliphatic carbocycles. The number of aryl methyl sites for hydroxylation is 1. The van der Waals surface area contributed by atoms with Gasteiger partial charge in [0.2, 0.25) is 0 Å². The summed E-state index contributed by atoms with van der Waals surface area (Å²) in [4.78, 5) is 24.2. The van der Waals surface area contributed by atoms with E-state index in [2.05, 4.69) is 21.0 Å². The zero-order valence-electron chi connectivity index (χ0n) is 14.4. The Hall–Kier alpha value is -3.61. The van der Waals surface area contributed by atoms with Gasteiger partial charge in [-0.3, -0.25) is 25.5 Å². The molecule has 7 heteroatoms. The molecular weight excluding hydrogens is 332 g/mol. The Kier molecular flexibility index (Phi) is 4.98. The van der Waals surface area contributed by atoms with Crippen molar-refractivity contribution in [2.24, 2.45) is 0 Å². The second kappa shape index (κ2) is 7.52. The van der Waals surface area contributed by atoms with Crippen molar-refractivity contribution < 1.29 is 14.3 Å². The Balaban J connectivity index is 1.63. The van der Waals surface area contributed by atoms with Gasteiger partial charge in [-0.25, -0.2) is 0 Å². The summed E-state index contributed by atoms with van der Waals surface area (Å²) in [5, 5.41) is 6.78. The average Bonchev–Trinajstić information content (AvgIpc) is 3.16. The van der Waals surface area contributed by atoms with Crippen molar-refractivity contribution in [3.8, 4) is 17.0 Å². The van der Waals surface area contributed by atoms with Gasteiger partial charge >= 0.3 is 0 Å². The Morgan fingerprint density at radius 3 is 2.42 bits per heavy atom. The van der Waals surface area contributed by atoms with Gasteiger partial charge in [-0.1, -0.05) is 17.7 Å². The van der Waals surface area contributed by atoms with Crippen LogP contribution in [0.1, 0.15) is 26.4 Å². The molecule has 0 saturated carbocycles. The molecule has 0 bridgehead atoms. The summed E-state index contributed by atoms with van der Waals surface area (Å²) in [5.74, 6) is -0.142. The Labute approximate surface area is 150 Å². The molecule has 2 amide bonds. The van der Waals surface area contributed by atoms with Gasteiger partial charge in [0.25, 0.3) is 11.8 Å². The number of benzene rings is 2. The van der Waals surface area contributed by atoms with Crippen molar-refractivity contribution in [1.82, 2.24) is 21.0 Å². The molecule has 2 aromatic carbocycles. The average molecular weight is 350 g/mol. The number of aromatic nitrogens is 2. The predicted octanol–water partition coefficient (Wildman–Crippen LogP) is 2.47. The van der Waals surface area contributed by atoms with Crippen LogP contribution < -0.4 is 15.6 Å². The third-order valence-electron chi connectivity index (χ3n) is 3.78. The van der Waals surface area contributed by atoms with Crippen molar-refractivity contribution in [3.05, 3.63) is 71.4 Å². The fraction of sp³-hybridized carbons (Fsp3) is 0.105. The third-order valence-corrected chi connectivity index (χ3v) is 3.78. The lowest BCUT2D eigenvalue weighted by Crippen LogP contribution is -2.41. The number of H-pyrrole nitrogens is 1. The van der Waals surface area contributed by atoms with Crippen molar-refractivity contribution in [2.75, 3.05) is 7.11 Å². The SMILES string of the molecule is COc1ccc(-c2cc(C(=O)NNC(=O)c3cccc(C)c3)[nH]n2)cc1. The maximum Gasteiger partial charge on any atom is 0.287 e. The number of aromatic amines is 1. The standard InChI is InChI=1S/C19H18N4O3/c1-12-4-3-5-14(10-12)18(24)22-23-19(25)17-11-16(20-21-17)13-6-8-15(26-2)9-7-13/h3-11H,1-2H3,(H,20,21)(H,22,24)(H,23,25). The van der Waals surface area contributed by atoms with E-state index in [9.17, 15) is 9.59 Å². The van der Waals surface area contributed by atoms with Gasteiger partial charge < -0.3 is 4.74 Å². The fourth-order valence-corrected chi connectivity index (χ4v) is 2.39. The lowest BCUT2D eigenvalue weighted by atomic mass is 10.1. The van der Waals surface area contributed by atoms with Crippen LogP contribution in [-0.4, -0.2) is 29.1 Å². The first-order valence-corrected chi connectivity index (χ1v) is 7.94. The molecule has 26 heavy (non-hydrogen) atoms. The maximum absolute atomic E-state index is 12.2. The van der Waals surface area contributed by atoms with E-state index < -0.39 is 11.8 Å². The molecule has 0 radical (unpaired) electrons. The quantitative estimate of drug-likeness (QED) is 0.630. The summed E-state index contributed by atoms with van der Waals surface area (Å²) in [6.07, 6.45) is 0. The highest BCUT2D eigenvalue weighted by Gasteiger charge is 2.13. The lowest BCUT2D eigenvalue weighted by Gasteiger charge is -2.06. The molecule has 132 valence electrons. The summed E-state index contributed by atoms with van der Waals surface area (Å²) in [6.45, 7) is 1.89. The van der Waals surface area contributed by atoms with Gasteiger partial charge in [-0.05, 0) is 49.4 Å². The van der Waals surface area contributed by atoms with Crippen LogP contribution in [0.2, 0.25) is 0 Å². The minimum absolute atomic E-state index is 0.236. The predicted molar refractivity (Wildman–Crippen MR) is 96.7 cm³/mol. The van der Waals surface area contributed by atoms with Crippen LogP contribution in [0.4, 0.5) is 0 Å². The number of hydrazine groups is 1. The summed E-state index contributed by atoms with van der Waals surface area (Å²) < 4.78 is 5.11. The van der Waals surface area contributed by atoms with E-state index in [-0.39, 0.29) is 5.69 Å². The van der Waals surface area contributed by atoms with E-state index in [1.54, 1.807) is 31.4 Å². The molecular formula is C19H18N4O3. The van der Waals surface area contributed by atoms with Crippen LogP contribution in [0, 0.1) is 6.92 Å². The van der Waals surface area contributed by atoms with Gasteiger partial charge in [0, 0.05) is 11.1 Å². The van der Waals surface area contributed by atoms with Crippen LogP contribution in [-0.2, 0) is 0 Å². The minimum atomic E-state index is -0.488. The maximum atomic E-state index is 12.2. The number of carbonyl (C=O) groups is 2. The molecule has 0 aliphatic heterocycles. The number of nitrogens with zero attached hydrogens (tertiary/aromatic N) is 1. The first kappa shape index (κ1) is 17.2. The zero-order chi connectivity index (χ0) is 18.5. The Bertz CT molecular complexity index is 932. The second-order valence-electron chi connectivity index (χ2n) is 5.67. The molecule has 3 N–H and O–H groups in total. The third kappa shape index (κ3) is 3.89. The van der Waals surface area contributed by atoms with Gasteiger partial charge in [0.1, 0.15) is 11.4 Å². The Morgan fingerprint density at radius 1 is 1.00 bits per heavy atom. The molecule has 3 aromatic rings. The van der Waals surface area contributed by atoms with Crippen molar-refractivity contribution in [3.63, 3.8) is 0 Å². The van der Waals surface area contributed by atoms with E-state index >= 15 is 0 Å². The molecule has 7 nitrogen and oxygen atoms in total. The molecule has 1 heterocycles.